The van der Waals surface area contributed by atoms with Crippen molar-refractivity contribution in [3.63, 3.8) is 0 Å². The Morgan fingerprint density at radius 3 is 2.55 bits per heavy atom. The number of nitrogens with zero attached hydrogens (tertiary/aromatic N) is 2. The molecule has 2 aromatic carbocycles. The van der Waals surface area contributed by atoms with Gasteiger partial charge in [0.1, 0.15) is 11.6 Å². The highest BCUT2D eigenvalue weighted by molar-refractivity contribution is 6.30. The van der Waals surface area contributed by atoms with E-state index < -0.39 is 6.04 Å². The molecule has 2 unspecified atom stereocenters. The molecular formula is C25H30ClN3O2. The monoisotopic (exact) mass is 439 g/mol. The lowest BCUT2D eigenvalue weighted by atomic mass is 9.70. The minimum Gasteiger partial charge on any atom is -0.424 e. The number of nitrogens with one attached hydrogen (secondary N) is 1. The standard InChI is InChI=1S/C25H30ClN3O2/c1-16(2)22(28-24-27-20-7-5-6-8-21(20)31-24)23(30)29-14-13-19(25(3,4)15-29)17-9-11-18(26)12-10-17/h5-12,16,19,22H,13-15H2,1-4H3,(H,27,28). The molecule has 1 aromatic heterocycles. The number of hydrogen-bond acceptors (Lipinski definition) is 4. The highest BCUT2D eigenvalue weighted by Gasteiger charge is 2.40. The smallest absolute Gasteiger partial charge is 0.296 e. The maximum Gasteiger partial charge on any atom is 0.296 e. The lowest BCUT2D eigenvalue weighted by Crippen LogP contribution is -2.53. The van der Waals surface area contributed by atoms with Crippen molar-refractivity contribution in [2.75, 3.05) is 18.4 Å². The van der Waals surface area contributed by atoms with Crippen LogP contribution in [-0.2, 0) is 4.79 Å². The van der Waals surface area contributed by atoms with E-state index in [9.17, 15) is 4.79 Å². The number of benzene rings is 2. The molecule has 6 heteroatoms. The number of carbonyl (C=O) groups is 1. The number of halogens is 1. The van der Waals surface area contributed by atoms with Gasteiger partial charge < -0.3 is 14.6 Å². The first-order valence-electron chi connectivity index (χ1n) is 10.9. The van der Waals surface area contributed by atoms with Crippen molar-refractivity contribution in [2.45, 2.75) is 46.1 Å². The molecule has 0 bridgehead atoms. The van der Waals surface area contributed by atoms with Gasteiger partial charge in [-0.2, -0.15) is 4.98 Å². The Labute approximate surface area is 188 Å². The summed E-state index contributed by atoms with van der Waals surface area (Å²) in [4.78, 5) is 20.0. The van der Waals surface area contributed by atoms with Crippen LogP contribution >= 0.6 is 11.6 Å². The van der Waals surface area contributed by atoms with Crippen molar-refractivity contribution in [2.24, 2.45) is 11.3 Å². The first-order valence-corrected chi connectivity index (χ1v) is 11.3. The minimum absolute atomic E-state index is 0.0408. The second-order valence-corrected chi connectivity index (χ2v) is 9.93. The Morgan fingerprint density at radius 2 is 1.90 bits per heavy atom. The zero-order valence-corrected chi connectivity index (χ0v) is 19.3. The van der Waals surface area contributed by atoms with E-state index in [1.54, 1.807) is 0 Å². The van der Waals surface area contributed by atoms with E-state index in [4.69, 9.17) is 16.0 Å². The van der Waals surface area contributed by atoms with Crippen LogP contribution in [0.1, 0.15) is 45.6 Å². The van der Waals surface area contributed by atoms with E-state index in [0.717, 1.165) is 23.5 Å². The van der Waals surface area contributed by atoms with Crippen molar-refractivity contribution in [1.82, 2.24) is 9.88 Å². The third kappa shape index (κ3) is 4.57. The van der Waals surface area contributed by atoms with Crippen LogP contribution in [0.5, 0.6) is 0 Å². The molecule has 1 amide bonds. The normalized spacial score (nSPS) is 19.5. The molecule has 31 heavy (non-hydrogen) atoms. The second-order valence-electron chi connectivity index (χ2n) is 9.49. The fourth-order valence-electron chi connectivity index (χ4n) is 4.64. The summed E-state index contributed by atoms with van der Waals surface area (Å²) in [6.07, 6.45) is 0.925. The number of aromatic nitrogens is 1. The van der Waals surface area contributed by atoms with Crippen LogP contribution < -0.4 is 5.32 Å². The summed E-state index contributed by atoms with van der Waals surface area (Å²) in [6, 6.07) is 15.7. The van der Waals surface area contributed by atoms with Gasteiger partial charge in [0.05, 0.1) is 0 Å². The SMILES string of the molecule is CC(C)C(Nc1nc2ccccc2o1)C(=O)N1CCC(c2ccc(Cl)cc2)C(C)(C)C1. The lowest BCUT2D eigenvalue weighted by molar-refractivity contribution is -0.136. The van der Waals surface area contributed by atoms with Gasteiger partial charge in [-0.3, -0.25) is 4.79 Å². The van der Waals surface area contributed by atoms with Crippen molar-refractivity contribution in [3.8, 4) is 0 Å². The Kier molecular flexibility index (Phi) is 5.98. The predicted molar refractivity (Wildman–Crippen MR) is 125 cm³/mol. The molecule has 0 spiro atoms. The van der Waals surface area contributed by atoms with Gasteiger partial charge in [0.15, 0.2) is 5.58 Å². The fourth-order valence-corrected chi connectivity index (χ4v) is 4.76. The number of hydrogen-bond donors (Lipinski definition) is 1. The highest BCUT2D eigenvalue weighted by Crippen LogP contribution is 2.42. The number of piperidine rings is 1. The molecule has 4 rings (SSSR count). The number of oxazole rings is 1. The summed E-state index contributed by atoms with van der Waals surface area (Å²) in [5, 5.41) is 4.01. The molecule has 1 aliphatic rings. The number of para-hydroxylation sites is 2. The van der Waals surface area contributed by atoms with Crippen LogP contribution in [0.4, 0.5) is 6.01 Å². The number of anilines is 1. The molecule has 2 heterocycles. The Morgan fingerprint density at radius 1 is 1.19 bits per heavy atom. The molecule has 1 aliphatic heterocycles. The van der Waals surface area contributed by atoms with Gasteiger partial charge in [-0.15, -0.1) is 0 Å². The molecular weight excluding hydrogens is 410 g/mol. The van der Waals surface area contributed by atoms with E-state index >= 15 is 0 Å². The molecule has 5 nitrogen and oxygen atoms in total. The summed E-state index contributed by atoms with van der Waals surface area (Å²) < 4.78 is 5.81. The molecule has 0 saturated carbocycles. The fraction of sp³-hybridized carbons (Fsp3) is 0.440. The third-order valence-electron chi connectivity index (χ3n) is 6.32. The van der Waals surface area contributed by atoms with Crippen LogP contribution in [0, 0.1) is 11.3 Å². The van der Waals surface area contributed by atoms with Crippen LogP contribution in [0.2, 0.25) is 5.02 Å². The first kappa shape index (κ1) is 21.7. The summed E-state index contributed by atoms with van der Waals surface area (Å²) in [6.45, 7) is 10.0. The second kappa shape index (κ2) is 8.54. The maximum absolute atomic E-state index is 13.5. The molecule has 164 valence electrons. The average molecular weight is 440 g/mol. The molecule has 3 aromatic rings. The van der Waals surface area contributed by atoms with Crippen LogP contribution in [-0.4, -0.2) is 34.9 Å². The maximum atomic E-state index is 13.5. The van der Waals surface area contributed by atoms with Gasteiger partial charge in [0.2, 0.25) is 5.91 Å². The zero-order chi connectivity index (χ0) is 22.2. The average Bonchev–Trinajstić information content (AvgIpc) is 3.14. The van der Waals surface area contributed by atoms with E-state index in [1.807, 2.05) is 55.1 Å². The molecule has 1 fully saturated rings. The number of likely N-dealkylation sites (tertiary alicyclic amines) is 1. The third-order valence-corrected chi connectivity index (χ3v) is 6.57. The van der Waals surface area contributed by atoms with Crippen molar-refractivity contribution in [3.05, 3.63) is 59.1 Å². The van der Waals surface area contributed by atoms with E-state index in [-0.39, 0.29) is 17.2 Å². The Bertz CT molecular complexity index is 1030. The molecule has 1 N–H and O–H groups in total. The van der Waals surface area contributed by atoms with Crippen molar-refractivity contribution < 1.29 is 9.21 Å². The number of amides is 1. The van der Waals surface area contributed by atoms with Gasteiger partial charge in [-0.25, -0.2) is 0 Å². The van der Waals surface area contributed by atoms with Gasteiger partial charge in [-0.1, -0.05) is 63.6 Å². The van der Waals surface area contributed by atoms with E-state index in [2.05, 4.69) is 36.3 Å². The van der Waals surface area contributed by atoms with E-state index in [1.165, 1.54) is 5.56 Å². The quantitative estimate of drug-likeness (QED) is 0.532. The molecule has 1 saturated heterocycles. The summed E-state index contributed by atoms with van der Waals surface area (Å²) in [5.74, 6) is 0.579. The summed E-state index contributed by atoms with van der Waals surface area (Å²) in [5.41, 5.74) is 2.74. The highest BCUT2D eigenvalue weighted by atomic mass is 35.5. The van der Waals surface area contributed by atoms with Crippen LogP contribution in [0.3, 0.4) is 0 Å². The van der Waals surface area contributed by atoms with Gasteiger partial charge in [0, 0.05) is 18.1 Å². The molecule has 0 aliphatic carbocycles. The summed E-state index contributed by atoms with van der Waals surface area (Å²) >= 11 is 6.07. The largest absolute Gasteiger partial charge is 0.424 e. The lowest BCUT2D eigenvalue weighted by Gasteiger charge is -2.45. The summed E-state index contributed by atoms with van der Waals surface area (Å²) in [7, 11) is 0. The topological polar surface area (TPSA) is 58.4 Å². The number of rotatable bonds is 5. The van der Waals surface area contributed by atoms with Gasteiger partial charge in [-0.05, 0) is 53.5 Å². The molecule has 0 radical (unpaired) electrons. The zero-order valence-electron chi connectivity index (χ0n) is 18.6. The Hall–Kier alpha value is -2.53. The van der Waals surface area contributed by atoms with Crippen LogP contribution in [0.15, 0.2) is 52.9 Å². The van der Waals surface area contributed by atoms with Gasteiger partial charge >= 0.3 is 0 Å². The first-order chi connectivity index (χ1) is 14.7. The van der Waals surface area contributed by atoms with Crippen molar-refractivity contribution in [1.29, 1.82) is 0 Å². The molecule has 2 atom stereocenters. The van der Waals surface area contributed by atoms with Gasteiger partial charge in [0.25, 0.3) is 6.01 Å². The number of carbonyl (C=O) groups excluding carboxylic acids is 1. The van der Waals surface area contributed by atoms with Crippen molar-refractivity contribution >= 4 is 34.6 Å². The van der Waals surface area contributed by atoms with E-state index in [0.29, 0.717) is 24.1 Å². The number of fused-ring (bicyclic) bond motifs is 1. The Balaban J connectivity index is 1.49. The minimum atomic E-state index is -0.393. The predicted octanol–water partition coefficient (Wildman–Crippen LogP) is 5.96. The van der Waals surface area contributed by atoms with Crippen LogP contribution in [0.25, 0.3) is 11.1 Å².